The molecule has 1 amide bonds. The van der Waals surface area contributed by atoms with Gasteiger partial charge in [0.15, 0.2) is 0 Å². The van der Waals surface area contributed by atoms with Crippen LogP contribution in [-0.2, 0) is 11.2 Å². The van der Waals surface area contributed by atoms with Gasteiger partial charge in [0.1, 0.15) is 11.6 Å². The van der Waals surface area contributed by atoms with Crippen LogP contribution < -0.4 is 4.74 Å². The fourth-order valence-electron chi connectivity index (χ4n) is 4.85. The average Bonchev–Trinajstić information content (AvgIpc) is 3.49. The van der Waals surface area contributed by atoms with E-state index in [-0.39, 0.29) is 11.7 Å². The normalized spacial score (nSPS) is 15.8. The van der Waals surface area contributed by atoms with Crippen LogP contribution in [0.25, 0.3) is 22.2 Å². The summed E-state index contributed by atoms with van der Waals surface area (Å²) in [6.07, 6.45) is 2.07. The minimum Gasteiger partial charge on any atom is -0.497 e. The predicted octanol–water partition coefficient (Wildman–Crippen LogP) is 5.93. The Kier molecular flexibility index (Phi) is 5.86. The Balaban J connectivity index is 1.31. The lowest BCUT2D eigenvalue weighted by atomic mass is 9.98. The van der Waals surface area contributed by atoms with Crippen molar-refractivity contribution in [1.29, 1.82) is 0 Å². The van der Waals surface area contributed by atoms with Gasteiger partial charge in [-0.2, -0.15) is 0 Å². The van der Waals surface area contributed by atoms with Crippen LogP contribution in [0.1, 0.15) is 29.9 Å². The molecule has 1 fully saturated rings. The van der Waals surface area contributed by atoms with Crippen LogP contribution in [0.4, 0.5) is 4.39 Å². The molecule has 3 aromatic carbocycles. The summed E-state index contributed by atoms with van der Waals surface area (Å²) >= 11 is 0. The van der Waals surface area contributed by atoms with Crippen molar-refractivity contribution in [3.63, 3.8) is 0 Å². The van der Waals surface area contributed by atoms with Crippen molar-refractivity contribution in [1.82, 2.24) is 9.88 Å². The molecule has 1 aromatic heterocycles. The molecule has 5 rings (SSSR count). The number of nitrogens with zero attached hydrogens (tertiary/aromatic N) is 1. The first-order chi connectivity index (χ1) is 16.1. The highest BCUT2D eigenvalue weighted by molar-refractivity contribution is 5.91. The molecule has 1 aliphatic rings. The summed E-state index contributed by atoms with van der Waals surface area (Å²) in [5, 5.41) is 1.11. The second kappa shape index (κ2) is 9.10. The summed E-state index contributed by atoms with van der Waals surface area (Å²) in [5.74, 6) is 1.14. The number of aromatic amines is 1. The van der Waals surface area contributed by atoms with E-state index in [9.17, 15) is 9.18 Å². The van der Waals surface area contributed by atoms with E-state index in [1.165, 1.54) is 17.7 Å². The largest absolute Gasteiger partial charge is 0.497 e. The third-order valence-electron chi connectivity index (χ3n) is 6.66. The number of amides is 1. The third kappa shape index (κ3) is 4.36. The second-order valence-corrected chi connectivity index (χ2v) is 8.63. The number of para-hydroxylation sites is 1. The molecule has 4 nitrogen and oxygen atoms in total. The zero-order chi connectivity index (χ0) is 22.8. The number of methoxy groups -OCH3 is 1. The smallest absolute Gasteiger partial charge is 0.222 e. The maximum atomic E-state index is 13.5. The number of nitrogens with one attached hydrogen (secondary N) is 1. The summed E-state index contributed by atoms with van der Waals surface area (Å²) in [6.45, 7) is 1.54. The number of likely N-dealkylation sites (tertiary alicyclic amines) is 1. The Morgan fingerprint density at radius 1 is 1.06 bits per heavy atom. The number of benzene rings is 3. The van der Waals surface area contributed by atoms with Crippen LogP contribution in [0.15, 0.2) is 72.8 Å². The molecule has 0 radical (unpaired) electrons. The molecule has 1 aliphatic heterocycles. The highest BCUT2D eigenvalue weighted by Crippen LogP contribution is 2.33. The van der Waals surface area contributed by atoms with Gasteiger partial charge in [-0.1, -0.05) is 30.3 Å². The van der Waals surface area contributed by atoms with Gasteiger partial charge in [0.25, 0.3) is 0 Å². The van der Waals surface area contributed by atoms with E-state index in [1.807, 2.05) is 35.2 Å². The standard InChI is InChI=1S/C28H27FN2O2/c1-33-23-12-8-19(9-13-23)21-16-17-31(18-21)27(32)15-14-25-24-4-2-3-5-26(24)30-28(25)20-6-10-22(29)11-7-20/h2-13,21,30H,14-18H2,1H3. The first-order valence-electron chi connectivity index (χ1n) is 11.4. The van der Waals surface area contributed by atoms with Gasteiger partial charge in [0, 0.05) is 42.0 Å². The van der Waals surface area contributed by atoms with E-state index in [4.69, 9.17) is 4.74 Å². The van der Waals surface area contributed by atoms with E-state index < -0.39 is 0 Å². The molecule has 4 aromatic rings. The topological polar surface area (TPSA) is 45.3 Å². The molecule has 1 unspecified atom stereocenters. The van der Waals surface area contributed by atoms with Crippen molar-refractivity contribution in [2.24, 2.45) is 0 Å². The summed E-state index contributed by atoms with van der Waals surface area (Å²) in [5.41, 5.74) is 5.27. The van der Waals surface area contributed by atoms with Crippen molar-refractivity contribution in [2.45, 2.75) is 25.2 Å². The van der Waals surface area contributed by atoms with E-state index in [0.29, 0.717) is 18.8 Å². The Hall–Kier alpha value is -3.60. The van der Waals surface area contributed by atoms with Gasteiger partial charge in [-0.15, -0.1) is 0 Å². The minimum absolute atomic E-state index is 0.182. The molecule has 2 heterocycles. The van der Waals surface area contributed by atoms with Crippen molar-refractivity contribution >= 4 is 16.8 Å². The molecular weight excluding hydrogens is 415 g/mol. The third-order valence-corrected chi connectivity index (χ3v) is 6.66. The molecule has 1 saturated heterocycles. The van der Waals surface area contributed by atoms with E-state index in [1.54, 1.807) is 19.2 Å². The minimum atomic E-state index is -0.257. The van der Waals surface area contributed by atoms with Gasteiger partial charge in [0.2, 0.25) is 5.91 Å². The first-order valence-corrected chi connectivity index (χ1v) is 11.4. The lowest BCUT2D eigenvalue weighted by molar-refractivity contribution is -0.130. The summed E-state index contributed by atoms with van der Waals surface area (Å²) in [7, 11) is 1.67. The maximum absolute atomic E-state index is 13.5. The van der Waals surface area contributed by atoms with E-state index >= 15 is 0 Å². The van der Waals surface area contributed by atoms with Crippen molar-refractivity contribution in [3.05, 3.63) is 89.7 Å². The molecule has 0 saturated carbocycles. The van der Waals surface area contributed by atoms with Crippen LogP contribution in [0.5, 0.6) is 5.75 Å². The Morgan fingerprint density at radius 3 is 2.58 bits per heavy atom. The van der Waals surface area contributed by atoms with Gasteiger partial charge in [-0.25, -0.2) is 4.39 Å². The van der Waals surface area contributed by atoms with Crippen molar-refractivity contribution < 1.29 is 13.9 Å². The lowest BCUT2D eigenvalue weighted by Gasteiger charge is -2.17. The van der Waals surface area contributed by atoms with Crippen LogP contribution >= 0.6 is 0 Å². The van der Waals surface area contributed by atoms with Gasteiger partial charge < -0.3 is 14.6 Å². The molecule has 1 atom stereocenters. The highest BCUT2D eigenvalue weighted by Gasteiger charge is 2.27. The Labute approximate surface area is 193 Å². The van der Waals surface area contributed by atoms with Crippen molar-refractivity contribution in [3.8, 4) is 17.0 Å². The number of ether oxygens (including phenoxy) is 1. The molecule has 0 aliphatic carbocycles. The molecule has 168 valence electrons. The summed E-state index contributed by atoms with van der Waals surface area (Å²) in [6, 6.07) is 22.8. The number of H-pyrrole nitrogens is 1. The van der Waals surface area contributed by atoms with E-state index in [2.05, 4.69) is 23.2 Å². The first kappa shape index (κ1) is 21.3. The molecule has 33 heavy (non-hydrogen) atoms. The van der Waals surface area contributed by atoms with Crippen LogP contribution in [0.3, 0.4) is 0 Å². The number of aromatic nitrogens is 1. The summed E-state index contributed by atoms with van der Waals surface area (Å²) < 4.78 is 18.7. The SMILES string of the molecule is COc1ccc(C2CCN(C(=O)CCc3c(-c4ccc(F)cc4)[nH]c4ccccc34)C2)cc1. The van der Waals surface area contributed by atoms with Crippen LogP contribution in [0.2, 0.25) is 0 Å². The van der Waals surface area contributed by atoms with Crippen LogP contribution in [0, 0.1) is 5.82 Å². The number of hydrogen-bond donors (Lipinski definition) is 1. The second-order valence-electron chi connectivity index (χ2n) is 8.63. The Morgan fingerprint density at radius 2 is 1.82 bits per heavy atom. The number of carbonyl (C=O) groups excluding carboxylic acids is 1. The number of aryl methyl sites for hydroxylation is 1. The fraction of sp³-hybridized carbons (Fsp3) is 0.250. The molecule has 0 bridgehead atoms. The maximum Gasteiger partial charge on any atom is 0.222 e. The molecule has 5 heteroatoms. The van der Waals surface area contributed by atoms with Gasteiger partial charge in [0.05, 0.1) is 7.11 Å². The highest BCUT2D eigenvalue weighted by atomic mass is 19.1. The molecular formula is C28H27FN2O2. The Bertz CT molecular complexity index is 1260. The predicted molar refractivity (Wildman–Crippen MR) is 129 cm³/mol. The number of carbonyl (C=O) groups is 1. The molecule has 1 N–H and O–H groups in total. The zero-order valence-corrected chi connectivity index (χ0v) is 18.7. The van der Waals surface area contributed by atoms with Gasteiger partial charge in [-0.3, -0.25) is 4.79 Å². The lowest BCUT2D eigenvalue weighted by Crippen LogP contribution is -2.28. The van der Waals surface area contributed by atoms with Gasteiger partial charge >= 0.3 is 0 Å². The summed E-state index contributed by atoms with van der Waals surface area (Å²) in [4.78, 5) is 18.6. The quantitative estimate of drug-likeness (QED) is 0.402. The number of fused-ring (bicyclic) bond motifs is 1. The zero-order valence-electron chi connectivity index (χ0n) is 18.7. The number of halogens is 1. The number of hydrogen-bond acceptors (Lipinski definition) is 2. The molecule has 0 spiro atoms. The van der Waals surface area contributed by atoms with Crippen molar-refractivity contribution in [2.75, 3.05) is 20.2 Å². The van der Waals surface area contributed by atoms with Crippen LogP contribution in [-0.4, -0.2) is 36.0 Å². The van der Waals surface area contributed by atoms with Gasteiger partial charge in [-0.05, 0) is 72.0 Å². The number of rotatable bonds is 6. The monoisotopic (exact) mass is 442 g/mol. The fourth-order valence-corrected chi connectivity index (χ4v) is 4.85. The van der Waals surface area contributed by atoms with E-state index in [0.717, 1.165) is 53.0 Å². The average molecular weight is 443 g/mol.